The van der Waals surface area contributed by atoms with Gasteiger partial charge in [0.2, 0.25) is 0 Å². The maximum atomic E-state index is 2.46. The van der Waals surface area contributed by atoms with E-state index in [0.717, 1.165) is 28.8 Å². The summed E-state index contributed by atoms with van der Waals surface area (Å²) in [5.74, 6) is 1.70. The van der Waals surface area contributed by atoms with E-state index < -0.39 is 15.8 Å². The van der Waals surface area contributed by atoms with Crippen molar-refractivity contribution in [2.75, 3.05) is 0 Å². The maximum absolute atomic E-state index is 2.46. The topological polar surface area (TPSA) is 0 Å². The van der Waals surface area contributed by atoms with E-state index in [4.69, 9.17) is 0 Å². The van der Waals surface area contributed by atoms with Gasteiger partial charge in [0.25, 0.3) is 0 Å². The number of benzene rings is 4. The van der Waals surface area contributed by atoms with Gasteiger partial charge in [-0.2, -0.15) is 0 Å². The standard InChI is InChI=1S/C33H36P2.C15H31P.2CH3.Fe/c1-33(2,3)26-24-31(34(27-16-8-4-9-17-27)28-18-10-5-11-19-28)32(25-26)35(29-20-12-6-13-21-29)30-22-14-7-15-23-30;1-11(2)16(12(3)4)14-9-8-13(10-14)15(5,6)7;;;/h4-23,26,31-32H,24-25H2,1-3H3;11-14H,8-10H2,1-7H3;2*1H3;/q;;2*-1;+2. The minimum atomic E-state index is -0.462. The van der Waals surface area contributed by atoms with Crippen molar-refractivity contribution < 1.29 is 17.1 Å². The first-order chi connectivity index (χ1) is 24.3. The van der Waals surface area contributed by atoms with E-state index in [1.807, 2.05) is 0 Å². The second kappa shape index (κ2) is 22.0. The fourth-order valence-electron chi connectivity index (χ4n) is 9.13. The molecule has 0 heterocycles. The average Bonchev–Trinajstić information content (AvgIpc) is 3.76. The molecule has 0 radical (unpaired) electrons. The fourth-order valence-corrected chi connectivity index (χ4v) is 19.7. The third-order valence-electron chi connectivity index (χ3n) is 11.8. The van der Waals surface area contributed by atoms with Crippen molar-refractivity contribution in [3.63, 3.8) is 0 Å². The second-order valence-electron chi connectivity index (χ2n) is 17.9. The summed E-state index contributed by atoms with van der Waals surface area (Å²) in [4.78, 5) is 0. The molecule has 2 aliphatic carbocycles. The molecular weight excluding hydrogens is 749 g/mol. The molecule has 4 aromatic rings. The van der Waals surface area contributed by atoms with E-state index in [0.29, 0.717) is 22.1 Å². The molecule has 6 rings (SSSR count). The maximum Gasteiger partial charge on any atom is 2.00 e. The summed E-state index contributed by atoms with van der Waals surface area (Å²) in [6, 6.07) is 45.6. The summed E-state index contributed by atoms with van der Waals surface area (Å²) in [6.45, 7) is 24.4. The monoisotopic (exact) mass is 822 g/mol. The zero-order chi connectivity index (χ0) is 36.8. The van der Waals surface area contributed by atoms with Crippen LogP contribution in [0.3, 0.4) is 0 Å². The Morgan fingerprint density at radius 2 is 0.741 bits per heavy atom. The molecule has 4 unspecified atom stereocenters. The van der Waals surface area contributed by atoms with Crippen LogP contribution in [-0.2, 0) is 17.1 Å². The van der Waals surface area contributed by atoms with Crippen LogP contribution < -0.4 is 21.2 Å². The predicted octanol–water partition coefficient (Wildman–Crippen LogP) is 13.8. The molecule has 2 aliphatic rings. The molecule has 0 aliphatic heterocycles. The van der Waals surface area contributed by atoms with Gasteiger partial charge in [-0.05, 0) is 120 Å². The summed E-state index contributed by atoms with van der Waals surface area (Å²) in [7, 11) is -0.678. The second-order valence-corrected chi connectivity index (χ2v) is 26.5. The van der Waals surface area contributed by atoms with Crippen LogP contribution in [0.5, 0.6) is 0 Å². The molecule has 54 heavy (non-hydrogen) atoms. The Morgan fingerprint density at radius 3 is 0.981 bits per heavy atom. The Kier molecular flexibility index (Phi) is 19.9. The molecule has 4 aromatic carbocycles. The minimum absolute atomic E-state index is 0. The van der Waals surface area contributed by atoms with Gasteiger partial charge in [-0.1, -0.05) is 198 Å². The average molecular weight is 823 g/mol. The van der Waals surface area contributed by atoms with Gasteiger partial charge in [-0.15, -0.1) is 0 Å². The van der Waals surface area contributed by atoms with Crippen molar-refractivity contribution in [3.05, 3.63) is 136 Å². The molecule has 0 bridgehead atoms. The van der Waals surface area contributed by atoms with Crippen molar-refractivity contribution in [2.45, 2.75) is 130 Å². The zero-order valence-electron chi connectivity index (χ0n) is 35.8. The van der Waals surface area contributed by atoms with Crippen LogP contribution in [0.1, 0.15) is 101 Å². The molecule has 2 fully saturated rings. The molecule has 0 N–H and O–H groups in total. The molecule has 4 heteroatoms. The van der Waals surface area contributed by atoms with Gasteiger partial charge < -0.3 is 14.9 Å². The SMILES string of the molecule is CC(C)(C)C1CC(P(c2ccccc2)c2ccccc2)C(P(c2ccccc2)c2ccccc2)C1.CC(C)P(C(C)C)C1CCC(C(C)(C)C)C1.[CH3-].[CH3-].[Fe+2]. The Balaban J connectivity index is 0.000000454. The van der Waals surface area contributed by atoms with Gasteiger partial charge in [0.1, 0.15) is 0 Å². The minimum Gasteiger partial charge on any atom is -0.358 e. The smallest absolute Gasteiger partial charge is 0.358 e. The first-order valence-corrected chi connectivity index (χ1v) is 24.2. The molecule has 0 nitrogen and oxygen atoms in total. The van der Waals surface area contributed by atoms with Gasteiger partial charge >= 0.3 is 17.1 Å². The van der Waals surface area contributed by atoms with Gasteiger partial charge in [0, 0.05) is 0 Å². The van der Waals surface area contributed by atoms with Gasteiger partial charge in [-0.25, -0.2) is 0 Å². The van der Waals surface area contributed by atoms with Gasteiger partial charge in [0.15, 0.2) is 0 Å². The fraction of sp³-hybridized carbons (Fsp3) is 0.480. The molecule has 0 saturated heterocycles. The first kappa shape index (κ1) is 48.8. The van der Waals surface area contributed by atoms with Gasteiger partial charge in [0.05, 0.1) is 0 Å². The molecule has 4 atom stereocenters. The number of hydrogen-bond donors (Lipinski definition) is 0. The van der Waals surface area contributed by atoms with E-state index in [-0.39, 0.29) is 39.8 Å². The van der Waals surface area contributed by atoms with E-state index >= 15 is 0 Å². The largest absolute Gasteiger partial charge is 2.00 e. The van der Waals surface area contributed by atoms with Crippen molar-refractivity contribution in [1.29, 1.82) is 0 Å². The Bertz CT molecular complexity index is 1400. The predicted molar refractivity (Wildman–Crippen MR) is 249 cm³/mol. The Morgan fingerprint density at radius 1 is 0.444 bits per heavy atom. The van der Waals surface area contributed by atoms with Crippen molar-refractivity contribution in [3.8, 4) is 0 Å². The molecule has 0 spiro atoms. The molecular formula is C50H73FeP3. The third kappa shape index (κ3) is 12.6. The molecule has 0 amide bonds. The van der Waals surface area contributed by atoms with Crippen LogP contribution in [-0.4, -0.2) is 28.3 Å². The molecule has 296 valence electrons. The summed E-state index contributed by atoms with van der Waals surface area (Å²) in [6.07, 6.45) is 7.10. The number of rotatable bonds is 9. The van der Waals surface area contributed by atoms with Crippen LogP contribution >= 0.6 is 23.8 Å². The quantitative estimate of drug-likeness (QED) is 0.0896. The molecule has 2 saturated carbocycles. The summed E-state index contributed by atoms with van der Waals surface area (Å²) >= 11 is 0. The van der Waals surface area contributed by atoms with Crippen molar-refractivity contribution >= 4 is 45.0 Å². The summed E-state index contributed by atoms with van der Waals surface area (Å²) in [5, 5.41) is 6.09. The Labute approximate surface area is 348 Å². The van der Waals surface area contributed by atoms with Crippen molar-refractivity contribution in [2.24, 2.45) is 22.7 Å². The van der Waals surface area contributed by atoms with E-state index in [9.17, 15) is 0 Å². The van der Waals surface area contributed by atoms with E-state index in [2.05, 4.69) is 191 Å². The van der Waals surface area contributed by atoms with Crippen LogP contribution in [0.15, 0.2) is 121 Å². The van der Waals surface area contributed by atoms with E-state index in [1.165, 1.54) is 53.3 Å². The van der Waals surface area contributed by atoms with Crippen LogP contribution in [0, 0.1) is 37.5 Å². The normalized spacial score (nSPS) is 21.4. The zero-order valence-corrected chi connectivity index (χ0v) is 39.6. The first-order valence-electron chi connectivity index (χ1n) is 19.8. The van der Waals surface area contributed by atoms with Crippen LogP contribution in [0.2, 0.25) is 0 Å². The van der Waals surface area contributed by atoms with Crippen LogP contribution in [0.4, 0.5) is 0 Å². The summed E-state index contributed by atoms with van der Waals surface area (Å²) < 4.78 is 0. The van der Waals surface area contributed by atoms with E-state index in [1.54, 1.807) is 0 Å². The van der Waals surface area contributed by atoms with Crippen molar-refractivity contribution in [1.82, 2.24) is 0 Å². The number of hydrogen-bond acceptors (Lipinski definition) is 0. The van der Waals surface area contributed by atoms with Crippen LogP contribution in [0.25, 0.3) is 0 Å². The molecule has 0 aromatic heterocycles. The summed E-state index contributed by atoms with van der Waals surface area (Å²) in [5.41, 5.74) is 5.05. The Hall–Kier alpha value is -1.31. The van der Waals surface area contributed by atoms with Gasteiger partial charge in [-0.3, -0.25) is 0 Å². The third-order valence-corrected chi connectivity index (χ3v) is 21.6.